The Hall–Kier alpha value is -2.19. The number of carboxylic acid groups (broad SMARTS) is 1. The molecular weight excluding hydrogens is 330 g/mol. The van der Waals surface area contributed by atoms with Gasteiger partial charge in [-0.3, -0.25) is 4.79 Å². The van der Waals surface area contributed by atoms with E-state index in [-0.39, 0.29) is 17.6 Å². The first-order valence-corrected chi connectivity index (χ1v) is 8.56. The van der Waals surface area contributed by atoms with Crippen LogP contribution in [-0.4, -0.2) is 38.6 Å². The summed E-state index contributed by atoms with van der Waals surface area (Å²) in [4.78, 5) is 27.0. The Morgan fingerprint density at radius 3 is 2.83 bits per heavy atom. The SMILES string of the molecule is Cc1n(C)cc2sc(C3=C(C(=O)[O-])N4C(=O)[C@H]([C@@H](C)O)[C@H]4C3)c[n+]12. The van der Waals surface area contributed by atoms with Crippen molar-refractivity contribution in [3.05, 3.63) is 28.8 Å². The van der Waals surface area contributed by atoms with Crippen LogP contribution in [0, 0.1) is 12.8 Å². The van der Waals surface area contributed by atoms with E-state index in [2.05, 4.69) is 0 Å². The summed E-state index contributed by atoms with van der Waals surface area (Å²) >= 11 is 1.49. The lowest BCUT2D eigenvalue weighted by molar-refractivity contribution is -0.516. The molecule has 2 aliphatic heterocycles. The number of carbonyl (C=O) groups is 2. The third-order valence-electron chi connectivity index (χ3n) is 5.08. The number of imidazole rings is 1. The first kappa shape index (κ1) is 15.3. The maximum absolute atomic E-state index is 12.2. The third-order valence-corrected chi connectivity index (χ3v) is 6.16. The number of rotatable bonds is 3. The first-order valence-electron chi connectivity index (χ1n) is 7.74. The van der Waals surface area contributed by atoms with E-state index in [9.17, 15) is 19.8 Å². The smallest absolute Gasteiger partial charge is 0.258 e. The molecular formula is C16H17N3O4S. The fraction of sp³-hybridized carbons (Fsp3) is 0.438. The van der Waals surface area contributed by atoms with E-state index >= 15 is 0 Å². The Kier molecular flexibility index (Phi) is 3.14. The van der Waals surface area contributed by atoms with Crippen molar-refractivity contribution in [1.82, 2.24) is 9.47 Å². The second-order valence-electron chi connectivity index (χ2n) is 6.45. The van der Waals surface area contributed by atoms with Gasteiger partial charge in [-0.05, 0) is 13.3 Å². The van der Waals surface area contributed by atoms with Gasteiger partial charge in [0.2, 0.25) is 10.7 Å². The summed E-state index contributed by atoms with van der Waals surface area (Å²) in [6.45, 7) is 3.54. The second-order valence-corrected chi connectivity index (χ2v) is 7.51. The molecule has 0 saturated carbocycles. The van der Waals surface area contributed by atoms with Gasteiger partial charge in [0.1, 0.15) is 12.4 Å². The number of hydrogen-bond donors (Lipinski definition) is 1. The monoisotopic (exact) mass is 347 g/mol. The lowest BCUT2D eigenvalue weighted by atomic mass is 9.83. The Labute approximate surface area is 142 Å². The van der Waals surface area contributed by atoms with Gasteiger partial charge in [0, 0.05) is 12.5 Å². The predicted molar refractivity (Wildman–Crippen MR) is 83.5 cm³/mol. The van der Waals surface area contributed by atoms with Crippen LogP contribution in [0.4, 0.5) is 0 Å². The van der Waals surface area contributed by atoms with Crippen LogP contribution in [-0.2, 0) is 16.6 Å². The van der Waals surface area contributed by atoms with Gasteiger partial charge in [0.15, 0.2) is 0 Å². The van der Waals surface area contributed by atoms with Crippen LogP contribution < -0.4 is 9.51 Å². The van der Waals surface area contributed by atoms with Crippen molar-refractivity contribution in [1.29, 1.82) is 0 Å². The predicted octanol–water partition coefficient (Wildman–Crippen LogP) is -0.794. The number of amides is 1. The second kappa shape index (κ2) is 4.90. The molecule has 2 aromatic heterocycles. The van der Waals surface area contributed by atoms with E-state index in [4.69, 9.17) is 0 Å². The number of aliphatic hydroxyl groups is 1. The summed E-state index contributed by atoms with van der Waals surface area (Å²) in [6.07, 6.45) is 3.53. The van der Waals surface area contributed by atoms with Gasteiger partial charge in [-0.15, -0.1) is 0 Å². The molecule has 0 bridgehead atoms. The molecule has 4 heterocycles. The molecule has 0 unspecified atom stereocenters. The van der Waals surface area contributed by atoms with E-state index in [0.717, 1.165) is 15.5 Å². The van der Waals surface area contributed by atoms with Crippen LogP contribution in [0.2, 0.25) is 0 Å². The van der Waals surface area contributed by atoms with Crippen molar-refractivity contribution in [2.24, 2.45) is 13.0 Å². The maximum Gasteiger partial charge on any atom is 0.258 e. The lowest BCUT2D eigenvalue weighted by Gasteiger charge is -2.45. The summed E-state index contributed by atoms with van der Waals surface area (Å²) < 4.78 is 4.00. The van der Waals surface area contributed by atoms with Crippen LogP contribution in [0.3, 0.4) is 0 Å². The molecule has 4 rings (SSSR count). The minimum atomic E-state index is -1.34. The van der Waals surface area contributed by atoms with E-state index < -0.39 is 18.0 Å². The number of carboxylic acids is 1. The van der Waals surface area contributed by atoms with Gasteiger partial charge >= 0.3 is 0 Å². The highest BCUT2D eigenvalue weighted by atomic mass is 32.1. The number of β-lactam (4-membered cyclic amide) rings is 1. The zero-order valence-electron chi connectivity index (χ0n) is 13.5. The Morgan fingerprint density at radius 1 is 1.54 bits per heavy atom. The largest absolute Gasteiger partial charge is 0.543 e. The normalized spacial score (nSPS) is 24.5. The van der Waals surface area contributed by atoms with Crippen molar-refractivity contribution in [2.45, 2.75) is 32.4 Å². The summed E-state index contributed by atoms with van der Waals surface area (Å²) in [7, 11) is 1.95. The minimum Gasteiger partial charge on any atom is -0.543 e. The number of aromatic nitrogens is 2. The topological polar surface area (TPSA) is 89.7 Å². The summed E-state index contributed by atoms with van der Waals surface area (Å²) in [5.41, 5.74) is 0.570. The number of thiazole rings is 1. The van der Waals surface area contributed by atoms with Crippen molar-refractivity contribution < 1.29 is 24.2 Å². The molecule has 1 N–H and O–H groups in total. The van der Waals surface area contributed by atoms with E-state index in [1.807, 2.05) is 35.3 Å². The molecule has 1 fully saturated rings. The van der Waals surface area contributed by atoms with Crippen LogP contribution in [0.5, 0.6) is 0 Å². The zero-order valence-corrected chi connectivity index (χ0v) is 14.3. The van der Waals surface area contributed by atoms with Crippen LogP contribution in [0.1, 0.15) is 24.0 Å². The van der Waals surface area contributed by atoms with E-state index in [0.29, 0.717) is 12.0 Å². The van der Waals surface area contributed by atoms with Crippen molar-refractivity contribution in [3.63, 3.8) is 0 Å². The number of carbonyl (C=O) groups excluding carboxylic acids is 2. The molecule has 3 atom stereocenters. The van der Waals surface area contributed by atoms with Crippen LogP contribution in [0.25, 0.3) is 10.4 Å². The maximum atomic E-state index is 12.2. The number of aliphatic hydroxyl groups excluding tert-OH is 1. The van der Waals surface area contributed by atoms with Gasteiger partial charge in [0.05, 0.1) is 41.7 Å². The molecule has 24 heavy (non-hydrogen) atoms. The highest BCUT2D eigenvalue weighted by Crippen LogP contribution is 2.47. The number of hydrogen-bond acceptors (Lipinski definition) is 5. The molecule has 0 radical (unpaired) electrons. The zero-order chi connectivity index (χ0) is 17.3. The molecule has 126 valence electrons. The molecule has 2 aromatic rings. The van der Waals surface area contributed by atoms with Crippen LogP contribution >= 0.6 is 11.3 Å². The van der Waals surface area contributed by atoms with E-state index in [1.165, 1.54) is 16.2 Å². The molecule has 0 spiro atoms. The number of aliphatic carboxylic acids is 1. The van der Waals surface area contributed by atoms with Crippen molar-refractivity contribution in [2.75, 3.05) is 0 Å². The molecule has 0 aromatic carbocycles. The number of nitrogens with zero attached hydrogens (tertiary/aromatic N) is 3. The number of fused-ring (bicyclic) bond motifs is 2. The summed E-state index contributed by atoms with van der Waals surface area (Å²) in [6, 6.07) is -0.293. The molecule has 7 nitrogen and oxygen atoms in total. The standard InChI is InChI=1S/C16H17N3O4S/c1-7(20)13-10-4-9(14(16(22)23)19(10)15(13)21)11-5-18-8(2)17(3)6-12(18)24-11/h5-7,10,13,20H,4H2,1-3H3/t7-,10-,13-/m1/s1. The highest BCUT2D eigenvalue weighted by molar-refractivity contribution is 7.17. The molecule has 1 saturated heterocycles. The Balaban J connectivity index is 1.81. The number of aryl methyl sites for hydroxylation is 2. The van der Waals surface area contributed by atoms with Crippen LogP contribution in [0.15, 0.2) is 18.1 Å². The average molecular weight is 347 g/mol. The van der Waals surface area contributed by atoms with Gasteiger partial charge in [0.25, 0.3) is 5.82 Å². The first-order chi connectivity index (χ1) is 11.3. The lowest BCUT2D eigenvalue weighted by Crippen LogP contribution is -2.62. The summed E-state index contributed by atoms with van der Waals surface area (Å²) in [5.74, 6) is -1.19. The van der Waals surface area contributed by atoms with Crippen molar-refractivity contribution in [3.8, 4) is 0 Å². The molecule has 8 heteroatoms. The quantitative estimate of drug-likeness (QED) is 0.582. The van der Waals surface area contributed by atoms with Crippen molar-refractivity contribution >= 4 is 33.6 Å². The Bertz CT molecular complexity index is 923. The fourth-order valence-corrected chi connectivity index (χ4v) is 4.94. The Morgan fingerprint density at radius 2 is 2.25 bits per heavy atom. The van der Waals surface area contributed by atoms with Gasteiger partial charge < -0.3 is 19.9 Å². The van der Waals surface area contributed by atoms with Gasteiger partial charge in [-0.1, -0.05) is 11.3 Å². The third kappa shape index (κ3) is 1.83. The molecule has 0 aliphatic carbocycles. The van der Waals surface area contributed by atoms with Gasteiger partial charge in [-0.2, -0.15) is 4.40 Å². The van der Waals surface area contributed by atoms with E-state index in [1.54, 1.807) is 6.92 Å². The minimum absolute atomic E-state index is 0.0477. The highest BCUT2D eigenvalue weighted by Gasteiger charge is 2.55. The molecule has 2 aliphatic rings. The van der Waals surface area contributed by atoms with Gasteiger partial charge in [-0.25, -0.2) is 4.57 Å². The fourth-order valence-electron chi connectivity index (χ4n) is 3.76. The average Bonchev–Trinajstić information content (AvgIpc) is 3.11. The summed E-state index contributed by atoms with van der Waals surface area (Å²) in [5, 5.41) is 21.4. The molecule has 1 amide bonds.